The monoisotopic (exact) mass is 638 g/mol. The molecule has 6 aliphatic rings. The minimum absolute atomic E-state index is 0.0407. The summed E-state index contributed by atoms with van der Waals surface area (Å²) < 4.78 is 18.9. The van der Waals surface area contributed by atoms with Crippen molar-refractivity contribution < 1.29 is 44.8 Å². The molecule has 2 heterocycles. The van der Waals surface area contributed by atoms with Crippen LogP contribution in [0.25, 0.3) is 0 Å². The molecule has 0 radical (unpaired) electrons. The first kappa shape index (κ1) is 34.5. The van der Waals surface area contributed by atoms with Crippen LogP contribution >= 0.6 is 0 Å². The Morgan fingerprint density at radius 2 is 1.44 bits per heavy atom. The van der Waals surface area contributed by atoms with Gasteiger partial charge in [0.2, 0.25) is 0 Å². The van der Waals surface area contributed by atoms with Gasteiger partial charge in [-0.1, -0.05) is 34.6 Å². The van der Waals surface area contributed by atoms with Crippen LogP contribution in [0.5, 0.6) is 0 Å². The first-order valence-electron chi connectivity index (χ1n) is 17.8. The summed E-state index contributed by atoms with van der Waals surface area (Å²) in [5.41, 5.74) is -1.55. The first-order valence-corrected chi connectivity index (χ1v) is 17.8. The van der Waals surface area contributed by atoms with Crippen LogP contribution in [-0.2, 0) is 14.2 Å². The number of hydrogen-bond acceptors (Lipinski definition) is 9. The fourth-order valence-corrected chi connectivity index (χ4v) is 12.7. The molecule has 2 saturated heterocycles. The van der Waals surface area contributed by atoms with Crippen LogP contribution in [-0.4, -0.2) is 97.5 Å². The van der Waals surface area contributed by atoms with E-state index in [-0.39, 0.29) is 51.3 Å². The van der Waals surface area contributed by atoms with E-state index in [1.807, 2.05) is 13.8 Å². The Hall–Kier alpha value is -0.360. The highest BCUT2D eigenvalue weighted by atomic mass is 16.7. The van der Waals surface area contributed by atoms with E-state index in [0.29, 0.717) is 11.8 Å². The van der Waals surface area contributed by atoms with Crippen LogP contribution in [0.4, 0.5) is 0 Å². The SMILES string of the molecule is CC(C)(O)C1CCC(C)(C2CCC3(C)C2CC(O)C2C4(C)CCC(OC5OC(CO)C(O)C(O)C5O)C(C)(C)C4CCC23C)O1. The van der Waals surface area contributed by atoms with Crippen molar-refractivity contribution in [3.8, 4) is 0 Å². The third kappa shape index (κ3) is 4.95. The van der Waals surface area contributed by atoms with E-state index in [1.165, 1.54) is 0 Å². The normalized spacial score (nSPS) is 56.4. The Balaban J connectivity index is 1.24. The summed E-state index contributed by atoms with van der Waals surface area (Å²) >= 11 is 0. The predicted molar refractivity (Wildman–Crippen MR) is 168 cm³/mol. The lowest BCUT2D eigenvalue weighted by atomic mass is 9.35. The average Bonchev–Trinajstić information content (AvgIpc) is 3.52. The minimum Gasteiger partial charge on any atom is -0.394 e. The Labute approximate surface area is 270 Å². The van der Waals surface area contributed by atoms with Crippen molar-refractivity contribution in [1.29, 1.82) is 0 Å². The second kappa shape index (κ2) is 11.1. The van der Waals surface area contributed by atoms with Crippen LogP contribution in [0.1, 0.15) is 113 Å². The third-order valence-electron chi connectivity index (χ3n) is 15.3. The largest absolute Gasteiger partial charge is 0.394 e. The van der Waals surface area contributed by atoms with Gasteiger partial charge in [-0.3, -0.25) is 0 Å². The number of fused-ring (bicyclic) bond motifs is 5. The van der Waals surface area contributed by atoms with E-state index in [9.17, 15) is 30.6 Å². The number of ether oxygens (including phenoxy) is 3. The molecule has 16 unspecified atom stereocenters. The molecule has 6 N–H and O–H groups in total. The lowest BCUT2D eigenvalue weighted by molar-refractivity contribution is -0.333. The molecule has 0 aromatic rings. The molecular weight excluding hydrogens is 576 g/mol. The number of rotatable bonds is 5. The van der Waals surface area contributed by atoms with Crippen molar-refractivity contribution in [3.63, 3.8) is 0 Å². The molecule has 9 heteroatoms. The quantitative estimate of drug-likeness (QED) is 0.249. The summed E-state index contributed by atoms with van der Waals surface area (Å²) in [6, 6.07) is 0. The maximum absolute atomic E-state index is 12.3. The lowest BCUT2D eigenvalue weighted by Gasteiger charge is -2.71. The zero-order valence-corrected chi connectivity index (χ0v) is 28.9. The fourth-order valence-electron chi connectivity index (χ4n) is 12.7. The van der Waals surface area contributed by atoms with Crippen LogP contribution in [0, 0.1) is 45.3 Å². The molecule has 0 spiro atoms. The van der Waals surface area contributed by atoms with Gasteiger partial charge in [-0.2, -0.15) is 0 Å². The molecule has 9 nitrogen and oxygen atoms in total. The molecule has 6 fully saturated rings. The predicted octanol–water partition coefficient (Wildman–Crippen LogP) is 3.54. The van der Waals surface area contributed by atoms with E-state index >= 15 is 0 Å². The molecule has 6 rings (SSSR count). The van der Waals surface area contributed by atoms with Gasteiger partial charge in [0.15, 0.2) is 6.29 Å². The molecule has 0 aromatic heterocycles. The standard InChI is InChI=1S/C36H62O9/c1-31(2)23-10-15-35(7)29(33(23,5)13-11-24(31)44-30-28(41)27(40)26(39)22(18-37)43-30)21(38)17-20-19(9-14-34(20,35)6)36(8)16-12-25(45-36)32(3,4)42/h19-30,37-42H,9-18H2,1-8H3. The van der Waals surface area contributed by atoms with Gasteiger partial charge < -0.3 is 44.8 Å². The average molecular weight is 639 g/mol. The molecule has 260 valence electrons. The smallest absolute Gasteiger partial charge is 0.186 e. The summed E-state index contributed by atoms with van der Waals surface area (Å²) in [6.07, 6.45) is 1.15. The summed E-state index contributed by atoms with van der Waals surface area (Å²) in [5, 5.41) is 64.0. The molecule has 0 amide bonds. The van der Waals surface area contributed by atoms with Crippen molar-refractivity contribution in [1.82, 2.24) is 0 Å². The lowest BCUT2D eigenvalue weighted by Crippen LogP contribution is -2.68. The second-order valence-corrected chi connectivity index (χ2v) is 18.3. The van der Waals surface area contributed by atoms with Gasteiger partial charge >= 0.3 is 0 Å². The van der Waals surface area contributed by atoms with Gasteiger partial charge in [-0.15, -0.1) is 0 Å². The van der Waals surface area contributed by atoms with Crippen molar-refractivity contribution >= 4 is 0 Å². The Kier molecular flexibility index (Phi) is 8.49. The number of aliphatic hydroxyl groups is 6. The Morgan fingerprint density at radius 3 is 2.07 bits per heavy atom. The van der Waals surface area contributed by atoms with E-state index < -0.39 is 49.0 Å². The van der Waals surface area contributed by atoms with Crippen molar-refractivity contribution in [2.45, 2.75) is 173 Å². The van der Waals surface area contributed by atoms with Crippen LogP contribution in [0.2, 0.25) is 0 Å². The highest BCUT2D eigenvalue weighted by Crippen LogP contribution is 2.76. The van der Waals surface area contributed by atoms with E-state index in [2.05, 4.69) is 41.5 Å². The highest BCUT2D eigenvalue weighted by Gasteiger charge is 2.72. The molecular formula is C36H62O9. The van der Waals surface area contributed by atoms with Gasteiger partial charge in [0, 0.05) is 0 Å². The summed E-state index contributed by atoms with van der Waals surface area (Å²) in [7, 11) is 0. The molecule has 2 aliphatic heterocycles. The number of hydrogen-bond donors (Lipinski definition) is 6. The summed E-state index contributed by atoms with van der Waals surface area (Å²) in [5.74, 6) is 1.12. The molecule has 45 heavy (non-hydrogen) atoms. The second-order valence-electron chi connectivity index (χ2n) is 18.3. The van der Waals surface area contributed by atoms with Gasteiger partial charge in [0.1, 0.15) is 24.4 Å². The van der Waals surface area contributed by atoms with Crippen LogP contribution < -0.4 is 0 Å². The van der Waals surface area contributed by atoms with Crippen LogP contribution in [0.3, 0.4) is 0 Å². The zero-order valence-electron chi connectivity index (χ0n) is 28.9. The number of aliphatic hydroxyl groups excluding tert-OH is 5. The molecule has 16 atom stereocenters. The minimum atomic E-state index is -1.47. The van der Waals surface area contributed by atoms with E-state index in [1.54, 1.807) is 0 Å². The Bertz CT molecular complexity index is 1110. The summed E-state index contributed by atoms with van der Waals surface area (Å²) in [4.78, 5) is 0. The highest BCUT2D eigenvalue weighted by molar-refractivity contribution is 5.21. The van der Waals surface area contributed by atoms with Gasteiger partial charge in [0.05, 0.1) is 36.1 Å². The molecule has 4 saturated carbocycles. The van der Waals surface area contributed by atoms with Crippen molar-refractivity contribution in [2.24, 2.45) is 45.3 Å². The zero-order chi connectivity index (χ0) is 33.1. The molecule has 0 aromatic carbocycles. The summed E-state index contributed by atoms with van der Waals surface area (Å²) in [6.45, 7) is 17.3. The van der Waals surface area contributed by atoms with Gasteiger partial charge in [0.25, 0.3) is 0 Å². The van der Waals surface area contributed by atoms with E-state index in [4.69, 9.17) is 14.2 Å². The first-order chi connectivity index (χ1) is 20.7. The van der Waals surface area contributed by atoms with Crippen molar-refractivity contribution in [3.05, 3.63) is 0 Å². The van der Waals surface area contributed by atoms with E-state index in [0.717, 1.165) is 57.8 Å². The fraction of sp³-hybridized carbons (Fsp3) is 1.00. The van der Waals surface area contributed by atoms with Gasteiger partial charge in [-0.05, 0) is 124 Å². The maximum Gasteiger partial charge on any atom is 0.186 e. The maximum atomic E-state index is 12.3. The van der Waals surface area contributed by atoms with Gasteiger partial charge in [-0.25, -0.2) is 0 Å². The topological polar surface area (TPSA) is 149 Å². The van der Waals surface area contributed by atoms with Crippen LogP contribution in [0.15, 0.2) is 0 Å². The van der Waals surface area contributed by atoms with Crippen molar-refractivity contribution in [2.75, 3.05) is 6.61 Å². The third-order valence-corrected chi connectivity index (χ3v) is 15.3. The molecule has 4 aliphatic carbocycles. The Morgan fingerprint density at radius 1 is 0.778 bits per heavy atom. The molecule has 0 bridgehead atoms.